The second-order valence-electron chi connectivity index (χ2n) is 9.94. The molecule has 4 aromatic rings. The molecule has 1 saturated heterocycles. The van der Waals surface area contributed by atoms with Crippen molar-refractivity contribution in [3.8, 4) is 11.1 Å². The maximum atomic E-state index is 13.5. The lowest BCUT2D eigenvalue weighted by Gasteiger charge is -2.35. The summed E-state index contributed by atoms with van der Waals surface area (Å²) in [4.78, 5) is 5.10. The molecule has 4 aromatic carbocycles. The van der Waals surface area contributed by atoms with Crippen molar-refractivity contribution in [2.24, 2.45) is 0 Å². The van der Waals surface area contributed by atoms with E-state index in [-0.39, 0.29) is 17.6 Å². The van der Waals surface area contributed by atoms with Crippen LogP contribution in [0.2, 0.25) is 0 Å². The summed E-state index contributed by atoms with van der Waals surface area (Å²) >= 11 is 0. The van der Waals surface area contributed by atoms with E-state index in [2.05, 4.69) is 64.4 Å². The Morgan fingerprint density at radius 2 is 1.14 bits per heavy atom. The highest BCUT2D eigenvalue weighted by Gasteiger charge is 2.20. The minimum atomic E-state index is -0.231. The fourth-order valence-corrected chi connectivity index (χ4v) is 5.40. The van der Waals surface area contributed by atoms with Gasteiger partial charge in [-0.2, -0.15) is 0 Å². The van der Waals surface area contributed by atoms with E-state index in [1.54, 1.807) is 0 Å². The minimum absolute atomic E-state index is 0.136. The number of hydrogen-bond acceptors (Lipinski definition) is 2. The van der Waals surface area contributed by atoms with E-state index < -0.39 is 0 Å². The number of hydrogen-bond donors (Lipinski definition) is 0. The van der Waals surface area contributed by atoms with Gasteiger partial charge in [0.25, 0.3) is 0 Å². The zero-order chi connectivity index (χ0) is 25.5. The maximum absolute atomic E-state index is 13.5. The summed E-state index contributed by atoms with van der Waals surface area (Å²) in [5.41, 5.74) is 6.13. The lowest BCUT2D eigenvalue weighted by atomic mass is 9.87. The van der Waals surface area contributed by atoms with Gasteiger partial charge in [-0.05, 0) is 71.5 Å². The van der Waals surface area contributed by atoms with Crippen LogP contribution >= 0.6 is 0 Å². The van der Waals surface area contributed by atoms with E-state index in [0.717, 1.165) is 63.2 Å². The molecule has 0 N–H and O–H groups in total. The molecule has 0 spiro atoms. The first-order valence-corrected chi connectivity index (χ1v) is 13.2. The molecule has 1 fully saturated rings. The van der Waals surface area contributed by atoms with Crippen LogP contribution in [-0.4, -0.2) is 42.5 Å². The van der Waals surface area contributed by atoms with Crippen LogP contribution < -0.4 is 0 Å². The summed E-state index contributed by atoms with van der Waals surface area (Å²) < 4.78 is 27.0. The van der Waals surface area contributed by atoms with E-state index in [0.29, 0.717) is 0 Å². The summed E-state index contributed by atoms with van der Waals surface area (Å²) in [5.74, 6) is -0.325. The van der Waals surface area contributed by atoms with Gasteiger partial charge in [-0.25, -0.2) is 8.78 Å². The van der Waals surface area contributed by atoms with Crippen LogP contribution in [0.5, 0.6) is 0 Å². The van der Waals surface area contributed by atoms with Crippen molar-refractivity contribution in [1.29, 1.82) is 0 Å². The zero-order valence-electron chi connectivity index (χ0n) is 21.2. The third-order valence-corrected chi connectivity index (χ3v) is 7.47. The van der Waals surface area contributed by atoms with Crippen molar-refractivity contribution in [3.63, 3.8) is 0 Å². The van der Waals surface area contributed by atoms with Gasteiger partial charge in [0.2, 0.25) is 0 Å². The number of piperazine rings is 1. The molecule has 0 bridgehead atoms. The summed E-state index contributed by atoms with van der Waals surface area (Å²) in [5, 5.41) is 0. The second kappa shape index (κ2) is 12.3. The smallest absolute Gasteiger partial charge is 0.123 e. The molecule has 0 amide bonds. The Hall–Kier alpha value is -3.34. The normalized spacial score (nSPS) is 14.8. The first-order valence-electron chi connectivity index (χ1n) is 13.2. The Balaban J connectivity index is 1.15. The van der Waals surface area contributed by atoms with Gasteiger partial charge in [-0.3, -0.25) is 4.90 Å². The molecule has 0 unspecified atom stereocenters. The summed E-state index contributed by atoms with van der Waals surface area (Å²) in [6.45, 7) is 6.24. The fourth-order valence-electron chi connectivity index (χ4n) is 5.40. The first kappa shape index (κ1) is 25.3. The Bertz CT molecular complexity index is 1200. The van der Waals surface area contributed by atoms with Gasteiger partial charge in [-0.1, -0.05) is 78.9 Å². The quantitative estimate of drug-likeness (QED) is 0.239. The number of nitrogens with zero attached hydrogens (tertiary/aromatic N) is 2. The lowest BCUT2D eigenvalue weighted by Crippen LogP contribution is -2.46. The van der Waals surface area contributed by atoms with Gasteiger partial charge >= 0.3 is 0 Å². The van der Waals surface area contributed by atoms with E-state index >= 15 is 0 Å². The highest BCUT2D eigenvalue weighted by atomic mass is 19.1. The molecule has 1 heterocycles. The predicted molar refractivity (Wildman–Crippen MR) is 147 cm³/mol. The largest absolute Gasteiger partial charge is 0.301 e. The molecular formula is C33H34F2N2. The van der Waals surface area contributed by atoms with Crippen molar-refractivity contribution in [3.05, 3.63) is 131 Å². The fraction of sp³-hybridized carbons (Fsp3) is 0.273. The van der Waals surface area contributed by atoms with Gasteiger partial charge in [0, 0.05) is 38.6 Å². The van der Waals surface area contributed by atoms with Gasteiger partial charge in [-0.15, -0.1) is 0 Å². The number of halogens is 2. The van der Waals surface area contributed by atoms with Crippen LogP contribution in [0.3, 0.4) is 0 Å². The molecule has 0 atom stereocenters. The molecule has 2 nitrogen and oxygen atoms in total. The molecule has 0 saturated carbocycles. The molecule has 1 aliphatic rings. The summed E-state index contributed by atoms with van der Waals surface area (Å²) in [6.07, 6.45) is 1.98. The van der Waals surface area contributed by atoms with Crippen molar-refractivity contribution in [2.45, 2.75) is 25.3 Å². The number of benzene rings is 4. The molecule has 5 rings (SSSR count). The topological polar surface area (TPSA) is 6.48 Å². The Morgan fingerprint density at radius 1 is 0.595 bits per heavy atom. The van der Waals surface area contributed by atoms with E-state index in [4.69, 9.17) is 0 Å². The molecular weight excluding hydrogens is 462 g/mol. The van der Waals surface area contributed by atoms with E-state index in [1.165, 1.54) is 41.0 Å². The monoisotopic (exact) mass is 496 g/mol. The van der Waals surface area contributed by atoms with Crippen LogP contribution in [0.1, 0.15) is 35.4 Å². The van der Waals surface area contributed by atoms with Gasteiger partial charge in [0.15, 0.2) is 0 Å². The third-order valence-electron chi connectivity index (χ3n) is 7.47. The van der Waals surface area contributed by atoms with Crippen LogP contribution in [0, 0.1) is 11.6 Å². The molecule has 190 valence electrons. The van der Waals surface area contributed by atoms with Crippen molar-refractivity contribution in [1.82, 2.24) is 9.80 Å². The van der Waals surface area contributed by atoms with Gasteiger partial charge in [0.1, 0.15) is 11.6 Å². The average Bonchev–Trinajstić information content (AvgIpc) is 2.94. The van der Waals surface area contributed by atoms with Crippen molar-refractivity contribution >= 4 is 0 Å². The number of rotatable bonds is 9. The second-order valence-corrected chi connectivity index (χ2v) is 9.94. The highest BCUT2D eigenvalue weighted by molar-refractivity contribution is 5.67. The van der Waals surface area contributed by atoms with Crippen molar-refractivity contribution in [2.75, 3.05) is 32.7 Å². The zero-order valence-corrected chi connectivity index (χ0v) is 21.2. The Labute approximate surface area is 219 Å². The Kier molecular flexibility index (Phi) is 8.39. The van der Waals surface area contributed by atoms with E-state index in [9.17, 15) is 8.78 Å². The molecule has 0 radical (unpaired) electrons. The summed E-state index contributed by atoms with van der Waals surface area (Å²) in [6, 6.07) is 32.8. The minimum Gasteiger partial charge on any atom is -0.301 e. The predicted octanol–water partition coefficient (Wildman–Crippen LogP) is 7.36. The van der Waals surface area contributed by atoms with Crippen molar-refractivity contribution < 1.29 is 8.78 Å². The maximum Gasteiger partial charge on any atom is 0.123 e. The molecule has 0 aromatic heterocycles. The molecule has 0 aliphatic carbocycles. The van der Waals surface area contributed by atoms with Crippen LogP contribution in [0.15, 0.2) is 103 Å². The van der Waals surface area contributed by atoms with Gasteiger partial charge < -0.3 is 4.90 Å². The van der Waals surface area contributed by atoms with Crippen LogP contribution in [0.25, 0.3) is 11.1 Å². The van der Waals surface area contributed by atoms with Crippen LogP contribution in [-0.2, 0) is 6.54 Å². The highest BCUT2D eigenvalue weighted by Crippen LogP contribution is 2.30. The lowest BCUT2D eigenvalue weighted by molar-refractivity contribution is 0.125. The summed E-state index contributed by atoms with van der Waals surface area (Å²) in [7, 11) is 0. The van der Waals surface area contributed by atoms with Gasteiger partial charge in [0.05, 0.1) is 0 Å². The standard InChI is InChI=1S/C33H34F2N2/c34-30-16-12-27(13-17-30)32(28-14-18-31(35)19-15-28)11-6-20-36-21-23-37(24-22-36)25-29-9-4-5-10-33(29)26-7-2-1-3-8-26/h1-5,7-10,12-19,32H,6,11,20-25H2. The SMILES string of the molecule is Fc1ccc(C(CCCN2CCN(Cc3ccccc3-c3ccccc3)CC2)c2ccc(F)cc2)cc1. The van der Waals surface area contributed by atoms with Crippen LogP contribution in [0.4, 0.5) is 8.78 Å². The first-order chi connectivity index (χ1) is 18.2. The Morgan fingerprint density at radius 3 is 1.76 bits per heavy atom. The molecule has 4 heteroatoms. The molecule has 37 heavy (non-hydrogen) atoms. The third kappa shape index (κ3) is 6.71. The van der Waals surface area contributed by atoms with E-state index in [1.807, 2.05) is 24.3 Å². The molecule has 1 aliphatic heterocycles. The average molecular weight is 497 g/mol.